The first-order valence-electron chi connectivity index (χ1n) is 6.84. The minimum Gasteiger partial charge on any atom is -0.387 e. The van der Waals surface area contributed by atoms with Crippen LogP contribution in [0.25, 0.3) is 0 Å². The van der Waals surface area contributed by atoms with E-state index in [-0.39, 0.29) is 17.2 Å². The van der Waals surface area contributed by atoms with Crippen molar-refractivity contribution in [2.45, 2.75) is 17.9 Å². The highest BCUT2D eigenvalue weighted by atomic mass is 35.5. The number of rotatable bonds is 6. The zero-order valence-corrected chi connectivity index (χ0v) is 13.9. The number of halogens is 1. The Kier molecular flexibility index (Phi) is 5.54. The SMILES string of the molecule is CC(=O)c1cccc(S(=O)(=O)NCC(O)c2ccc(Cl)cc2)c1. The van der Waals surface area contributed by atoms with Crippen molar-refractivity contribution in [2.75, 3.05) is 6.54 Å². The van der Waals surface area contributed by atoms with Crippen LogP contribution < -0.4 is 4.72 Å². The summed E-state index contributed by atoms with van der Waals surface area (Å²) in [6, 6.07) is 12.2. The lowest BCUT2D eigenvalue weighted by Crippen LogP contribution is -2.28. The first-order valence-corrected chi connectivity index (χ1v) is 8.70. The summed E-state index contributed by atoms with van der Waals surface area (Å²) in [6.45, 7) is 1.18. The van der Waals surface area contributed by atoms with Gasteiger partial charge in [0, 0.05) is 17.1 Å². The molecule has 2 aromatic carbocycles. The number of aliphatic hydroxyl groups is 1. The van der Waals surface area contributed by atoms with Gasteiger partial charge in [-0.25, -0.2) is 13.1 Å². The molecule has 0 aliphatic carbocycles. The Bertz CT molecular complexity index is 803. The third kappa shape index (κ3) is 4.62. The second kappa shape index (κ2) is 7.23. The minimum atomic E-state index is -3.82. The van der Waals surface area contributed by atoms with Gasteiger partial charge in [0.25, 0.3) is 0 Å². The van der Waals surface area contributed by atoms with E-state index in [0.29, 0.717) is 16.1 Å². The van der Waals surface area contributed by atoms with Crippen LogP contribution in [0.15, 0.2) is 53.4 Å². The molecule has 5 nitrogen and oxygen atoms in total. The van der Waals surface area contributed by atoms with E-state index >= 15 is 0 Å². The van der Waals surface area contributed by atoms with Crippen LogP contribution in [0.2, 0.25) is 5.02 Å². The average molecular weight is 354 g/mol. The van der Waals surface area contributed by atoms with E-state index in [9.17, 15) is 18.3 Å². The van der Waals surface area contributed by atoms with Gasteiger partial charge in [-0.1, -0.05) is 35.9 Å². The zero-order valence-electron chi connectivity index (χ0n) is 12.4. The molecular formula is C16H16ClNO4S. The van der Waals surface area contributed by atoms with Crippen molar-refractivity contribution in [1.82, 2.24) is 4.72 Å². The van der Waals surface area contributed by atoms with Crippen molar-refractivity contribution in [3.05, 3.63) is 64.7 Å². The smallest absolute Gasteiger partial charge is 0.240 e. The molecule has 0 fully saturated rings. The standard InChI is InChI=1S/C16H16ClNO4S/c1-11(19)13-3-2-4-15(9-13)23(21,22)18-10-16(20)12-5-7-14(17)8-6-12/h2-9,16,18,20H,10H2,1H3. The van der Waals surface area contributed by atoms with Crippen LogP contribution in [0.5, 0.6) is 0 Å². The van der Waals surface area contributed by atoms with Crippen LogP contribution in [0.4, 0.5) is 0 Å². The highest BCUT2D eigenvalue weighted by Gasteiger charge is 2.17. The number of Topliss-reactive ketones (excluding diaryl/α,β-unsaturated/α-hetero) is 1. The fraction of sp³-hybridized carbons (Fsp3) is 0.188. The lowest BCUT2D eigenvalue weighted by Gasteiger charge is -2.13. The van der Waals surface area contributed by atoms with E-state index in [2.05, 4.69) is 4.72 Å². The number of aliphatic hydroxyl groups excluding tert-OH is 1. The van der Waals surface area contributed by atoms with E-state index in [1.807, 2.05) is 0 Å². The normalized spacial score (nSPS) is 12.8. The fourth-order valence-corrected chi connectivity index (χ4v) is 3.17. The summed E-state index contributed by atoms with van der Waals surface area (Å²) >= 11 is 5.77. The number of hydrogen-bond donors (Lipinski definition) is 2. The van der Waals surface area contributed by atoms with E-state index in [0.717, 1.165) is 0 Å². The first-order chi connectivity index (χ1) is 10.8. The lowest BCUT2D eigenvalue weighted by molar-refractivity contribution is 0.101. The summed E-state index contributed by atoms with van der Waals surface area (Å²) in [5.41, 5.74) is 0.862. The second-order valence-corrected chi connectivity index (χ2v) is 7.21. The van der Waals surface area contributed by atoms with Crippen molar-refractivity contribution in [3.8, 4) is 0 Å². The van der Waals surface area contributed by atoms with Gasteiger partial charge in [-0.15, -0.1) is 0 Å². The summed E-state index contributed by atoms with van der Waals surface area (Å²) in [5, 5.41) is 10.6. The van der Waals surface area contributed by atoms with Gasteiger partial charge in [0.2, 0.25) is 10.0 Å². The third-order valence-electron chi connectivity index (χ3n) is 3.27. The minimum absolute atomic E-state index is 0.0199. The van der Waals surface area contributed by atoms with Crippen LogP contribution in [0, 0.1) is 0 Å². The van der Waals surface area contributed by atoms with Crippen LogP contribution in [-0.4, -0.2) is 25.9 Å². The van der Waals surface area contributed by atoms with Crippen LogP contribution in [0.3, 0.4) is 0 Å². The molecule has 1 atom stereocenters. The predicted molar refractivity (Wildman–Crippen MR) is 88.0 cm³/mol. The maximum Gasteiger partial charge on any atom is 0.240 e. The Labute approximate surface area is 140 Å². The number of ketones is 1. The maximum atomic E-state index is 12.2. The van der Waals surface area contributed by atoms with Gasteiger partial charge in [-0.2, -0.15) is 0 Å². The molecule has 122 valence electrons. The molecule has 2 N–H and O–H groups in total. The van der Waals surface area contributed by atoms with Crippen molar-refractivity contribution in [1.29, 1.82) is 0 Å². The zero-order chi connectivity index (χ0) is 17.0. The molecule has 0 spiro atoms. The molecule has 0 radical (unpaired) electrons. The Balaban J connectivity index is 2.11. The van der Waals surface area contributed by atoms with Crippen molar-refractivity contribution in [2.24, 2.45) is 0 Å². The van der Waals surface area contributed by atoms with Crippen molar-refractivity contribution in [3.63, 3.8) is 0 Å². The fourth-order valence-electron chi connectivity index (χ4n) is 1.96. The van der Waals surface area contributed by atoms with Gasteiger partial charge >= 0.3 is 0 Å². The highest BCUT2D eigenvalue weighted by Crippen LogP contribution is 2.17. The number of carbonyl (C=O) groups excluding carboxylic acids is 1. The molecule has 0 bridgehead atoms. The molecule has 7 heteroatoms. The monoisotopic (exact) mass is 353 g/mol. The lowest BCUT2D eigenvalue weighted by atomic mass is 10.1. The molecule has 0 saturated heterocycles. The molecule has 0 saturated carbocycles. The molecule has 0 aromatic heterocycles. The van der Waals surface area contributed by atoms with Gasteiger partial charge in [0.15, 0.2) is 5.78 Å². The van der Waals surface area contributed by atoms with E-state index in [1.54, 1.807) is 30.3 Å². The maximum absolute atomic E-state index is 12.2. The van der Waals surface area contributed by atoms with Gasteiger partial charge in [0.05, 0.1) is 11.0 Å². The summed E-state index contributed by atoms with van der Waals surface area (Å²) in [7, 11) is -3.82. The third-order valence-corrected chi connectivity index (χ3v) is 4.95. The molecule has 23 heavy (non-hydrogen) atoms. The Morgan fingerprint density at radius 2 is 1.87 bits per heavy atom. The second-order valence-electron chi connectivity index (χ2n) is 5.00. The summed E-state index contributed by atoms with van der Waals surface area (Å²) in [5.74, 6) is -0.219. The molecule has 2 aromatic rings. The summed E-state index contributed by atoms with van der Waals surface area (Å²) in [4.78, 5) is 11.3. The molecule has 2 rings (SSSR count). The Morgan fingerprint density at radius 1 is 1.22 bits per heavy atom. The van der Waals surface area contributed by atoms with Crippen molar-refractivity contribution >= 4 is 27.4 Å². The molecule has 0 aliphatic rings. The van der Waals surface area contributed by atoms with E-state index in [1.165, 1.54) is 25.1 Å². The molecular weight excluding hydrogens is 338 g/mol. The van der Waals surface area contributed by atoms with Crippen LogP contribution in [0.1, 0.15) is 28.9 Å². The van der Waals surface area contributed by atoms with Gasteiger partial charge in [0.1, 0.15) is 0 Å². The Hall–Kier alpha value is -1.73. The molecule has 0 heterocycles. The number of sulfonamides is 1. The number of carbonyl (C=O) groups is 1. The first kappa shape index (κ1) is 17.6. The van der Waals surface area contributed by atoms with Gasteiger partial charge < -0.3 is 5.11 Å². The van der Waals surface area contributed by atoms with Gasteiger partial charge in [-0.05, 0) is 36.8 Å². The van der Waals surface area contributed by atoms with Crippen LogP contribution >= 0.6 is 11.6 Å². The van der Waals surface area contributed by atoms with Crippen molar-refractivity contribution < 1.29 is 18.3 Å². The van der Waals surface area contributed by atoms with E-state index < -0.39 is 16.1 Å². The summed E-state index contributed by atoms with van der Waals surface area (Å²) in [6.07, 6.45) is -1.00. The van der Waals surface area contributed by atoms with Crippen LogP contribution in [-0.2, 0) is 10.0 Å². The quantitative estimate of drug-likeness (QED) is 0.782. The summed E-state index contributed by atoms with van der Waals surface area (Å²) < 4.78 is 26.8. The topological polar surface area (TPSA) is 83.5 Å². The number of benzene rings is 2. The molecule has 0 aliphatic heterocycles. The Morgan fingerprint density at radius 3 is 2.48 bits per heavy atom. The molecule has 0 amide bonds. The average Bonchev–Trinajstić information content (AvgIpc) is 2.53. The number of nitrogens with one attached hydrogen (secondary N) is 1. The highest BCUT2D eigenvalue weighted by molar-refractivity contribution is 7.89. The predicted octanol–water partition coefficient (Wildman–Crippen LogP) is 2.55. The largest absolute Gasteiger partial charge is 0.387 e. The van der Waals surface area contributed by atoms with E-state index in [4.69, 9.17) is 11.6 Å². The molecule has 1 unspecified atom stereocenters. The van der Waals surface area contributed by atoms with Gasteiger partial charge in [-0.3, -0.25) is 4.79 Å². The number of hydrogen-bond acceptors (Lipinski definition) is 4.